The van der Waals surface area contributed by atoms with Crippen molar-refractivity contribution in [3.63, 3.8) is 0 Å². The summed E-state index contributed by atoms with van der Waals surface area (Å²) in [4.78, 5) is 54.2. The molecule has 1 aromatic rings. The number of hydrogen-bond donors (Lipinski definition) is 8. The van der Waals surface area contributed by atoms with Crippen molar-refractivity contribution >= 4 is 42.3 Å². The number of benzene rings is 1. The molecule has 0 bridgehead atoms. The van der Waals surface area contributed by atoms with Crippen LogP contribution < -0.4 is 33.2 Å². The van der Waals surface area contributed by atoms with Gasteiger partial charge in [0.2, 0.25) is 17.7 Å². The average molecular weight is 538 g/mol. The third-order valence-corrected chi connectivity index (χ3v) is 6.17. The summed E-state index contributed by atoms with van der Waals surface area (Å²) in [5, 5.41) is 17.0. The van der Waals surface area contributed by atoms with Crippen molar-refractivity contribution in [2.24, 2.45) is 28.1 Å². The normalized spacial score (nSPS) is 14.8. The number of carboxylic acids is 1. The molecule has 0 saturated carbocycles. The number of rotatable bonds is 16. The Morgan fingerprint density at radius 2 is 1.62 bits per heavy atom. The standard InChI is InChI=1S/C24H39N7O5S/c1-3-14(2)19(31-20(32)16(25)12-15-8-5-4-6-9-15)22(34)29-17(10-7-11-28-24(26)27)21(33)30-18(13-37)23(35)36/h4-6,8-9,14,16-19,37H,3,7,10-13,25H2,1-2H3,(H,29,34)(H,30,33)(H,31,32)(H,35,36)(H4,26,27,28). The van der Waals surface area contributed by atoms with Crippen molar-refractivity contribution in [3.8, 4) is 0 Å². The van der Waals surface area contributed by atoms with Gasteiger partial charge in [-0.05, 0) is 30.7 Å². The molecule has 0 aliphatic rings. The number of amides is 3. The Balaban J connectivity index is 2.99. The minimum absolute atomic E-state index is 0.113. The minimum atomic E-state index is -1.26. The largest absolute Gasteiger partial charge is 0.480 e. The molecular formula is C24H39N7O5S. The lowest BCUT2D eigenvalue weighted by Crippen LogP contribution is -2.59. The Morgan fingerprint density at radius 1 is 1.00 bits per heavy atom. The van der Waals surface area contributed by atoms with Gasteiger partial charge < -0.3 is 38.3 Å². The minimum Gasteiger partial charge on any atom is -0.480 e. The molecule has 5 atom stereocenters. The molecule has 10 N–H and O–H groups in total. The fourth-order valence-electron chi connectivity index (χ4n) is 3.41. The molecule has 5 unspecified atom stereocenters. The van der Waals surface area contributed by atoms with E-state index in [1.165, 1.54) is 0 Å². The lowest BCUT2D eigenvalue weighted by Gasteiger charge is -2.28. The Kier molecular flexibility index (Phi) is 14.1. The van der Waals surface area contributed by atoms with E-state index in [1.807, 2.05) is 37.3 Å². The molecule has 0 aliphatic carbocycles. The number of thiol groups is 1. The van der Waals surface area contributed by atoms with Crippen LogP contribution in [0.2, 0.25) is 0 Å². The van der Waals surface area contributed by atoms with Crippen molar-refractivity contribution < 1.29 is 24.3 Å². The van der Waals surface area contributed by atoms with Crippen molar-refractivity contribution in [2.75, 3.05) is 12.3 Å². The molecule has 1 aromatic carbocycles. The monoisotopic (exact) mass is 537 g/mol. The van der Waals surface area contributed by atoms with Crippen LogP contribution in [0.25, 0.3) is 0 Å². The van der Waals surface area contributed by atoms with Crippen LogP contribution in [0.4, 0.5) is 0 Å². The molecule has 12 nitrogen and oxygen atoms in total. The maximum Gasteiger partial charge on any atom is 0.327 e. The number of carboxylic acid groups (broad SMARTS) is 1. The van der Waals surface area contributed by atoms with Crippen LogP contribution >= 0.6 is 12.6 Å². The number of hydrogen-bond acceptors (Lipinski definition) is 7. The highest BCUT2D eigenvalue weighted by molar-refractivity contribution is 7.80. The van der Waals surface area contributed by atoms with E-state index in [9.17, 15) is 24.3 Å². The van der Waals surface area contributed by atoms with Crippen molar-refractivity contribution in [3.05, 3.63) is 35.9 Å². The second-order valence-electron chi connectivity index (χ2n) is 8.76. The topological polar surface area (TPSA) is 215 Å². The van der Waals surface area contributed by atoms with E-state index >= 15 is 0 Å². The molecule has 0 aliphatic heterocycles. The highest BCUT2D eigenvalue weighted by atomic mass is 32.1. The van der Waals surface area contributed by atoms with Gasteiger partial charge in [-0.25, -0.2) is 4.79 Å². The maximum absolute atomic E-state index is 13.3. The van der Waals surface area contributed by atoms with Gasteiger partial charge in [-0.15, -0.1) is 0 Å². The Bertz CT molecular complexity index is 927. The number of nitrogens with two attached hydrogens (primary N) is 3. The zero-order valence-corrected chi connectivity index (χ0v) is 22.1. The van der Waals surface area contributed by atoms with Crippen molar-refractivity contribution in [1.29, 1.82) is 0 Å². The number of nitrogens with one attached hydrogen (secondary N) is 3. The Hall–Kier alpha value is -3.32. The molecule has 0 heterocycles. The lowest BCUT2D eigenvalue weighted by atomic mass is 9.96. The molecule has 1 rings (SSSR count). The second kappa shape index (κ2) is 16.4. The number of aliphatic imine (C=N–C) groups is 1. The Labute approximate surface area is 222 Å². The molecule has 0 aromatic heterocycles. The van der Waals surface area contributed by atoms with Crippen LogP contribution in [-0.4, -0.2) is 71.2 Å². The third-order valence-electron chi connectivity index (χ3n) is 5.80. The highest BCUT2D eigenvalue weighted by Gasteiger charge is 2.32. The highest BCUT2D eigenvalue weighted by Crippen LogP contribution is 2.11. The van der Waals surface area contributed by atoms with Gasteiger partial charge in [-0.1, -0.05) is 50.6 Å². The Morgan fingerprint density at radius 3 is 2.16 bits per heavy atom. The van der Waals surface area contributed by atoms with Crippen LogP contribution in [0.3, 0.4) is 0 Å². The van der Waals surface area contributed by atoms with Crippen LogP contribution in [0.5, 0.6) is 0 Å². The quantitative estimate of drug-likeness (QED) is 0.0572. The van der Waals surface area contributed by atoms with Crippen LogP contribution in [0.15, 0.2) is 35.3 Å². The first kappa shape index (κ1) is 31.7. The zero-order valence-electron chi connectivity index (χ0n) is 21.2. The van der Waals surface area contributed by atoms with E-state index < -0.39 is 47.9 Å². The number of nitrogens with zero attached hydrogens (tertiary/aromatic N) is 1. The number of guanidine groups is 1. The zero-order chi connectivity index (χ0) is 28.0. The first-order valence-corrected chi connectivity index (χ1v) is 12.7. The van der Waals surface area contributed by atoms with Crippen LogP contribution in [0.1, 0.15) is 38.7 Å². The third kappa shape index (κ3) is 11.5. The summed E-state index contributed by atoms with van der Waals surface area (Å²) < 4.78 is 0. The predicted octanol–water partition coefficient (Wildman–Crippen LogP) is -0.875. The summed E-state index contributed by atoms with van der Waals surface area (Å²) in [5.74, 6) is -3.57. The molecule has 37 heavy (non-hydrogen) atoms. The molecule has 0 fully saturated rings. The lowest BCUT2D eigenvalue weighted by molar-refractivity contribution is -0.141. The van der Waals surface area contributed by atoms with Gasteiger partial charge in [0, 0.05) is 12.3 Å². The molecule has 0 saturated heterocycles. The van der Waals surface area contributed by atoms with Gasteiger partial charge in [0.15, 0.2) is 5.96 Å². The summed E-state index contributed by atoms with van der Waals surface area (Å²) >= 11 is 3.95. The van der Waals surface area contributed by atoms with E-state index in [-0.39, 0.29) is 37.0 Å². The fraction of sp³-hybridized carbons (Fsp3) is 0.542. The molecule has 0 radical (unpaired) electrons. The van der Waals surface area contributed by atoms with Gasteiger partial charge >= 0.3 is 5.97 Å². The van der Waals surface area contributed by atoms with Gasteiger partial charge in [0.1, 0.15) is 18.1 Å². The van der Waals surface area contributed by atoms with E-state index in [1.54, 1.807) is 6.92 Å². The molecule has 13 heteroatoms. The van der Waals surface area contributed by atoms with Crippen LogP contribution in [0, 0.1) is 5.92 Å². The molecule has 206 valence electrons. The van der Waals surface area contributed by atoms with Gasteiger partial charge in [0.05, 0.1) is 6.04 Å². The smallest absolute Gasteiger partial charge is 0.327 e. The second-order valence-corrected chi connectivity index (χ2v) is 9.13. The van der Waals surface area contributed by atoms with E-state index in [0.717, 1.165) is 5.56 Å². The predicted molar refractivity (Wildman–Crippen MR) is 145 cm³/mol. The van der Waals surface area contributed by atoms with E-state index in [4.69, 9.17) is 17.2 Å². The van der Waals surface area contributed by atoms with Crippen molar-refractivity contribution in [2.45, 2.75) is 63.7 Å². The van der Waals surface area contributed by atoms with Crippen molar-refractivity contribution in [1.82, 2.24) is 16.0 Å². The summed E-state index contributed by atoms with van der Waals surface area (Å²) in [6, 6.07) is 5.07. The number of carbonyl (C=O) groups excluding carboxylic acids is 3. The summed E-state index contributed by atoms with van der Waals surface area (Å²) in [5.41, 5.74) is 17.6. The van der Waals surface area contributed by atoms with Gasteiger partial charge in [-0.2, -0.15) is 12.6 Å². The molecular weight excluding hydrogens is 498 g/mol. The maximum atomic E-state index is 13.3. The summed E-state index contributed by atoms with van der Waals surface area (Å²) in [6.45, 7) is 3.86. The average Bonchev–Trinajstić information content (AvgIpc) is 2.86. The number of aliphatic carboxylic acids is 1. The molecule has 3 amide bonds. The first-order valence-electron chi connectivity index (χ1n) is 12.1. The van der Waals surface area contributed by atoms with E-state index in [2.05, 4.69) is 33.6 Å². The van der Waals surface area contributed by atoms with Gasteiger partial charge in [0.25, 0.3) is 0 Å². The summed E-state index contributed by atoms with van der Waals surface area (Å²) in [7, 11) is 0. The van der Waals surface area contributed by atoms with E-state index in [0.29, 0.717) is 12.8 Å². The first-order chi connectivity index (χ1) is 17.5. The number of carbonyl (C=O) groups is 4. The fourth-order valence-corrected chi connectivity index (χ4v) is 3.66. The van der Waals surface area contributed by atoms with Crippen LogP contribution in [-0.2, 0) is 25.6 Å². The molecule has 0 spiro atoms. The summed E-state index contributed by atoms with van der Waals surface area (Å²) in [6.07, 6.45) is 1.31. The van der Waals surface area contributed by atoms with Gasteiger partial charge in [-0.3, -0.25) is 19.4 Å². The SMILES string of the molecule is CCC(C)C(NC(=O)C(N)Cc1ccccc1)C(=O)NC(CCCN=C(N)N)C(=O)NC(CS)C(=O)O.